The lowest BCUT2D eigenvalue weighted by Crippen LogP contribution is -2.16. The molecule has 0 aliphatic heterocycles. The van der Waals surface area contributed by atoms with Gasteiger partial charge >= 0.3 is 0 Å². The molecule has 2 nitrogen and oxygen atoms in total. The normalized spacial score (nSPS) is 10.8. The zero-order chi connectivity index (χ0) is 10.1. The van der Waals surface area contributed by atoms with Crippen molar-refractivity contribution in [2.45, 2.75) is 26.6 Å². The summed E-state index contributed by atoms with van der Waals surface area (Å²) in [6, 6.07) is 0. The predicted octanol–water partition coefficient (Wildman–Crippen LogP) is 1.96. The highest BCUT2D eigenvalue weighted by Crippen LogP contribution is 2.01. The van der Waals surface area contributed by atoms with Crippen LogP contribution in [0.1, 0.15) is 11.5 Å². The lowest BCUT2D eigenvalue weighted by molar-refractivity contribution is 0.847. The van der Waals surface area contributed by atoms with Gasteiger partial charge in [0.25, 0.3) is 0 Å². The maximum absolute atomic E-state index is 4.19. The van der Waals surface area contributed by atoms with Crippen LogP contribution >= 0.6 is 0 Å². The fraction of sp³-hybridized carbons (Fsp3) is 0.500. The molecule has 1 aromatic heterocycles. The van der Waals surface area contributed by atoms with E-state index in [1.165, 1.54) is 0 Å². The second-order valence-electron chi connectivity index (χ2n) is 4.25. The Kier molecular flexibility index (Phi) is 2.62. The molecule has 1 rings (SSSR count). The van der Waals surface area contributed by atoms with E-state index in [1.54, 1.807) is 0 Å². The summed E-state index contributed by atoms with van der Waals surface area (Å²) >= 11 is 0. The minimum absolute atomic E-state index is 1.01. The Morgan fingerprint density at radius 1 is 1.38 bits per heavy atom. The molecule has 0 amide bonds. The van der Waals surface area contributed by atoms with Crippen molar-refractivity contribution in [1.82, 2.24) is 9.55 Å². The van der Waals surface area contributed by atoms with Gasteiger partial charge < -0.3 is 4.57 Å². The van der Waals surface area contributed by atoms with E-state index in [9.17, 15) is 0 Å². The topological polar surface area (TPSA) is 17.8 Å². The Morgan fingerprint density at radius 3 is 2.38 bits per heavy atom. The maximum Gasteiger partial charge on any atom is 0.129 e. The highest BCUT2D eigenvalue weighted by Gasteiger charge is 2.08. The molecule has 0 spiro atoms. The number of hydrogen-bond acceptors (Lipinski definition) is 1. The van der Waals surface area contributed by atoms with Crippen molar-refractivity contribution < 1.29 is 0 Å². The molecule has 0 aliphatic carbocycles. The van der Waals surface area contributed by atoms with Gasteiger partial charge in [-0.05, 0) is 6.92 Å². The van der Waals surface area contributed by atoms with Crippen LogP contribution in [0, 0.1) is 18.4 Å². The Balaban J connectivity index is 2.97. The minimum atomic E-state index is -1.26. The standard InChI is InChI=1S/C10H16N2Si/c1-9-11-8-10(12(9)2)6-7-13(3,4)5/h8H,1-5H3. The number of aryl methyl sites for hydroxylation is 1. The van der Waals surface area contributed by atoms with E-state index in [0.717, 1.165) is 11.5 Å². The van der Waals surface area contributed by atoms with Gasteiger partial charge in [-0.15, -0.1) is 5.54 Å². The number of hydrogen-bond donors (Lipinski definition) is 0. The summed E-state index contributed by atoms with van der Waals surface area (Å²) in [6.45, 7) is 8.70. The summed E-state index contributed by atoms with van der Waals surface area (Å²) in [5.41, 5.74) is 4.33. The van der Waals surface area contributed by atoms with Crippen LogP contribution in [0.5, 0.6) is 0 Å². The van der Waals surface area contributed by atoms with Crippen LogP contribution in [0.4, 0.5) is 0 Å². The Labute approximate surface area is 81.0 Å². The molecule has 0 aliphatic rings. The van der Waals surface area contributed by atoms with Crippen molar-refractivity contribution in [2.75, 3.05) is 0 Å². The largest absolute Gasteiger partial charge is 0.325 e. The SMILES string of the molecule is Cc1ncc(C#C[Si](C)(C)C)n1C. The van der Waals surface area contributed by atoms with E-state index in [4.69, 9.17) is 0 Å². The molecule has 0 radical (unpaired) electrons. The van der Waals surface area contributed by atoms with Crippen LogP contribution < -0.4 is 0 Å². The number of nitrogens with zero attached hydrogens (tertiary/aromatic N) is 2. The van der Waals surface area contributed by atoms with Gasteiger partial charge in [0.15, 0.2) is 0 Å². The first-order valence-corrected chi connectivity index (χ1v) is 7.91. The fourth-order valence-corrected chi connectivity index (χ4v) is 1.37. The van der Waals surface area contributed by atoms with Crippen LogP contribution in [0.15, 0.2) is 6.20 Å². The first kappa shape index (κ1) is 10.1. The molecule has 1 aromatic rings. The quantitative estimate of drug-likeness (QED) is 0.454. The van der Waals surface area contributed by atoms with Gasteiger partial charge in [0.2, 0.25) is 0 Å². The first-order chi connectivity index (χ1) is 5.90. The van der Waals surface area contributed by atoms with E-state index in [0.29, 0.717) is 0 Å². The third kappa shape index (κ3) is 2.74. The molecule has 3 heteroatoms. The zero-order valence-electron chi connectivity index (χ0n) is 8.97. The first-order valence-electron chi connectivity index (χ1n) is 4.41. The minimum Gasteiger partial charge on any atom is -0.325 e. The monoisotopic (exact) mass is 192 g/mol. The molecule has 0 aromatic carbocycles. The molecule has 13 heavy (non-hydrogen) atoms. The summed E-state index contributed by atoms with van der Waals surface area (Å²) in [4.78, 5) is 4.19. The summed E-state index contributed by atoms with van der Waals surface area (Å²) < 4.78 is 2.02. The number of rotatable bonds is 0. The van der Waals surface area contributed by atoms with Gasteiger partial charge in [-0.2, -0.15) is 0 Å². The Morgan fingerprint density at radius 2 is 2.00 bits per heavy atom. The molecule has 0 fully saturated rings. The van der Waals surface area contributed by atoms with Gasteiger partial charge in [-0.25, -0.2) is 4.98 Å². The highest BCUT2D eigenvalue weighted by atomic mass is 28.3. The molecule has 0 saturated carbocycles. The van der Waals surface area contributed by atoms with Crippen LogP contribution in [-0.4, -0.2) is 17.6 Å². The van der Waals surface area contributed by atoms with Crippen molar-refractivity contribution >= 4 is 8.07 Å². The van der Waals surface area contributed by atoms with Gasteiger partial charge in [-0.1, -0.05) is 25.6 Å². The highest BCUT2D eigenvalue weighted by molar-refractivity contribution is 6.83. The van der Waals surface area contributed by atoms with Crippen LogP contribution in [0.25, 0.3) is 0 Å². The van der Waals surface area contributed by atoms with E-state index >= 15 is 0 Å². The second-order valence-corrected chi connectivity index (χ2v) is 9.00. The molecule has 0 N–H and O–H groups in total. The van der Waals surface area contributed by atoms with E-state index in [1.807, 2.05) is 24.7 Å². The lowest BCUT2D eigenvalue weighted by Gasteiger charge is -2.03. The van der Waals surface area contributed by atoms with Crippen LogP contribution in [0.3, 0.4) is 0 Å². The van der Waals surface area contributed by atoms with Crippen LogP contribution in [-0.2, 0) is 7.05 Å². The second kappa shape index (κ2) is 3.39. The molecular weight excluding hydrogens is 176 g/mol. The molecule has 0 unspecified atom stereocenters. The smallest absolute Gasteiger partial charge is 0.129 e. The van der Waals surface area contributed by atoms with E-state index < -0.39 is 8.07 Å². The van der Waals surface area contributed by atoms with E-state index in [2.05, 4.69) is 36.1 Å². The van der Waals surface area contributed by atoms with Gasteiger partial charge in [-0.3, -0.25) is 0 Å². The predicted molar refractivity (Wildman–Crippen MR) is 58.2 cm³/mol. The Bertz CT molecular complexity index is 361. The third-order valence-electron chi connectivity index (χ3n) is 1.79. The summed E-state index contributed by atoms with van der Waals surface area (Å²) in [5, 5.41) is 0. The Hall–Kier alpha value is -1.01. The maximum atomic E-state index is 4.19. The zero-order valence-corrected chi connectivity index (χ0v) is 9.97. The lowest BCUT2D eigenvalue weighted by atomic mass is 10.5. The molecule has 0 bridgehead atoms. The third-order valence-corrected chi connectivity index (χ3v) is 2.66. The molecular formula is C10H16N2Si. The van der Waals surface area contributed by atoms with Crippen molar-refractivity contribution in [2.24, 2.45) is 7.05 Å². The number of imidazole rings is 1. The van der Waals surface area contributed by atoms with Gasteiger partial charge in [0, 0.05) is 7.05 Å². The van der Waals surface area contributed by atoms with Crippen molar-refractivity contribution in [3.63, 3.8) is 0 Å². The van der Waals surface area contributed by atoms with Gasteiger partial charge in [0.05, 0.1) is 6.20 Å². The van der Waals surface area contributed by atoms with E-state index in [-0.39, 0.29) is 0 Å². The summed E-state index contributed by atoms with van der Waals surface area (Å²) in [6.07, 6.45) is 1.84. The molecule has 70 valence electrons. The molecule has 0 atom stereocenters. The summed E-state index contributed by atoms with van der Waals surface area (Å²) in [7, 11) is 0.741. The molecule has 0 saturated heterocycles. The summed E-state index contributed by atoms with van der Waals surface area (Å²) in [5.74, 6) is 4.20. The molecule has 1 heterocycles. The van der Waals surface area contributed by atoms with Crippen molar-refractivity contribution in [3.05, 3.63) is 17.7 Å². The van der Waals surface area contributed by atoms with Crippen LogP contribution in [0.2, 0.25) is 19.6 Å². The fourth-order valence-electron chi connectivity index (χ4n) is 0.870. The van der Waals surface area contributed by atoms with Gasteiger partial charge in [0.1, 0.15) is 19.6 Å². The van der Waals surface area contributed by atoms with Crippen molar-refractivity contribution in [1.29, 1.82) is 0 Å². The average Bonchev–Trinajstić information content (AvgIpc) is 2.29. The number of aromatic nitrogens is 2. The van der Waals surface area contributed by atoms with Crippen molar-refractivity contribution in [3.8, 4) is 11.5 Å². The average molecular weight is 192 g/mol.